The smallest absolute Gasteiger partial charge is 0.255 e. The maximum atomic E-state index is 11.7. The van der Waals surface area contributed by atoms with Gasteiger partial charge in [-0.3, -0.25) is 14.8 Å². The van der Waals surface area contributed by atoms with Gasteiger partial charge in [0.2, 0.25) is 5.62 Å². The number of hydrogen-bond donors (Lipinski definition) is 2. The molecular formula is C13H11N5OS. The highest BCUT2D eigenvalue weighted by molar-refractivity contribution is 7.14. The maximum Gasteiger partial charge on any atom is 0.255 e. The topological polar surface area (TPSA) is 87.4 Å². The normalized spacial score (nSPS) is 10.7. The predicted molar refractivity (Wildman–Crippen MR) is 76.2 cm³/mol. The van der Waals surface area contributed by atoms with E-state index in [2.05, 4.69) is 15.0 Å². The Morgan fingerprint density at radius 3 is 2.70 bits per heavy atom. The molecule has 0 saturated carbocycles. The monoisotopic (exact) mass is 285 g/mol. The lowest BCUT2D eigenvalue weighted by molar-refractivity contribution is 0.736. The van der Waals surface area contributed by atoms with Crippen molar-refractivity contribution in [3.8, 4) is 21.7 Å². The Morgan fingerprint density at radius 1 is 1.25 bits per heavy atom. The first-order chi connectivity index (χ1) is 9.65. The van der Waals surface area contributed by atoms with Crippen LogP contribution in [-0.2, 0) is 7.05 Å². The number of H-pyrrole nitrogens is 1. The summed E-state index contributed by atoms with van der Waals surface area (Å²) in [5, 5.41) is 9.69. The molecule has 20 heavy (non-hydrogen) atoms. The molecule has 0 aliphatic rings. The summed E-state index contributed by atoms with van der Waals surface area (Å²) >= 11 is 1.50. The third kappa shape index (κ3) is 2.19. The Hall–Kier alpha value is -2.54. The van der Waals surface area contributed by atoms with Crippen LogP contribution in [0, 0.1) is 5.41 Å². The van der Waals surface area contributed by atoms with Crippen molar-refractivity contribution in [1.29, 1.82) is 5.41 Å². The van der Waals surface area contributed by atoms with Gasteiger partial charge in [0.15, 0.2) is 0 Å². The lowest BCUT2D eigenvalue weighted by Crippen LogP contribution is -2.32. The van der Waals surface area contributed by atoms with Gasteiger partial charge in [0.05, 0.1) is 10.6 Å². The molecule has 0 aliphatic heterocycles. The summed E-state index contributed by atoms with van der Waals surface area (Å²) in [4.78, 5) is 23.5. The summed E-state index contributed by atoms with van der Waals surface area (Å²) in [5.74, 6) is 0. The number of nitrogens with one attached hydrogen (secondary N) is 2. The van der Waals surface area contributed by atoms with E-state index in [1.54, 1.807) is 19.4 Å². The molecule has 0 aromatic carbocycles. The first-order valence-corrected chi connectivity index (χ1v) is 6.72. The maximum absolute atomic E-state index is 11.7. The molecule has 3 heterocycles. The average Bonchev–Trinajstić information content (AvgIpc) is 2.95. The van der Waals surface area contributed by atoms with E-state index in [-0.39, 0.29) is 11.2 Å². The molecule has 0 amide bonds. The highest BCUT2D eigenvalue weighted by Gasteiger charge is 2.07. The fraction of sp³-hybridized carbons (Fsp3) is 0.0769. The molecule has 0 bridgehead atoms. The van der Waals surface area contributed by atoms with Crippen LogP contribution >= 0.6 is 11.3 Å². The summed E-state index contributed by atoms with van der Waals surface area (Å²) < 4.78 is 1.25. The zero-order chi connectivity index (χ0) is 14.1. The number of aromatic nitrogens is 4. The second-order valence-corrected chi connectivity index (χ2v) is 5.17. The Labute approximate surface area is 117 Å². The van der Waals surface area contributed by atoms with Gasteiger partial charge < -0.3 is 4.98 Å². The molecule has 2 N–H and O–H groups in total. The summed E-state index contributed by atoms with van der Waals surface area (Å²) in [7, 11) is 1.56. The molecule has 0 aliphatic carbocycles. The summed E-state index contributed by atoms with van der Waals surface area (Å²) in [6, 6.07) is 3.45. The van der Waals surface area contributed by atoms with Gasteiger partial charge in [-0.2, -0.15) is 0 Å². The van der Waals surface area contributed by atoms with Crippen LogP contribution in [-0.4, -0.2) is 19.5 Å². The van der Waals surface area contributed by atoms with Gasteiger partial charge in [-0.15, -0.1) is 11.3 Å². The van der Waals surface area contributed by atoms with Gasteiger partial charge >= 0.3 is 0 Å². The molecule has 100 valence electrons. The quantitative estimate of drug-likeness (QED) is 0.745. The van der Waals surface area contributed by atoms with Crippen molar-refractivity contribution >= 4 is 11.3 Å². The van der Waals surface area contributed by atoms with Crippen LogP contribution in [0.5, 0.6) is 0 Å². The molecule has 0 radical (unpaired) electrons. The fourth-order valence-corrected chi connectivity index (χ4v) is 2.68. The number of hydrogen-bond acceptors (Lipinski definition) is 5. The van der Waals surface area contributed by atoms with Crippen molar-refractivity contribution in [3.63, 3.8) is 0 Å². The SMILES string of the molecule is Cn1c(=O)cc(-c2cc(-c3cncnc3)cs2)[nH]c1=N. The third-order valence-electron chi connectivity index (χ3n) is 2.95. The molecule has 6 nitrogen and oxygen atoms in total. The summed E-state index contributed by atoms with van der Waals surface area (Å²) in [5.41, 5.74) is 2.43. The van der Waals surface area contributed by atoms with E-state index in [0.29, 0.717) is 5.69 Å². The Bertz CT molecular complexity index is 831. The Morgan fingerprint density at radius 2 is 2.00 bits per heavy atom. The van der Waals surface area contributed by atoms with Crippen LogP contribution in [0.25, 0.3) is 21.7 Å². The van der Waals surface area contributed by atoms with Crippen molar-refractivity contribution < 1.29 is 0 Å². The molecule has 0 spiro atoms. The van der Waals surface area contributed by atoms with E-state index in [1.165, 1.54) is 28.3 Å². The standard InChI is InChI=1S/C13H11N5OS/c1-18-12(19)3-10(17-13(18)14)11-2-8(6-20-11)9-4-15-7-16-5-9/h2-7H,1H3,(H2,14,17). The van der Waals surface area contributed by atoms with Crippen LogP contribution in [0.1, 0.15) is 0 Å². The van der Waals surface area contributed by atoms with Crippen molar-refractivity contribution in [2.24, 2.45) is 7.05 Å². The average molecular weight is 285 g/mol. The molecule has 0 fully saturated rings. The van der Waals surface area contributed by atoms with E-state index in [9.17, 15) is 4.79 Å². The van der Waals surface area contributed by atoms with Gasteiger partial charge in [-0.05, 0) is 17.0 Å². The highest BCUT2D eigenvalue weighted by Crippen LogP contribution is 2.30. The van der Waals surface area contributed by atoms with Crippen molar-refractivity contribution in [2.45, 2.75) is 0 Å². The lowest BCUT2D eigenvalue weighted by atomic mass is 10.2. The third-order valence-corrected chi connectivity index (χ3v) is 3.91. The summed E-state index contributed by atoms with van der Waals surface area (Å²) in [6.45, 7) is 0. The van der Waals surface area contributed by atoms with Crippen LogP contribution in [0.2, 0.25) is 0 Å². The largest absolute Gasteiger partial charge is 0.325 e. The number of thiophene rings is 1. The molecule has 0 unspecified atom stereocenters. The molecule has 3 rings (SSSR count). The van der Waals surface area contributed by atoms with Crippen LogP contribution in [0.3, 0.4) is 0 Å². The molecule has 0 saturated heterocycles. The van der Waals surface area contributed by atoms with Crippen LogP contribution in [0.4, 0.5) is 0 Å². The van der Waals surface area contributed by atoms with E-state index < -0.39 is 0 Å². The van der Waals surface area contributed by atoms with Crippen molar-refractivity contribution in [2.75, 3.05) is 0 Å². The number of rotatable bonds is 2. The number of aromatic amines is 1. The number of nitrogens with zero attached hydrogens (tertiary/aromatic N) is 3. The van der Waals surface area contributed by atoms with Crippen molar-refractivity contribution in [3.05, 3.63) is 52.2 Å². The van der Waals surface area contributed by atoms with Gasteiger partial charge in [-0.1, -0.05) is 0 Å². The molecule has 3 aromatic heterocycles. The second-order valence-electron chi connectivity index (χ2n) is 4.26. The van der Waals surface area contributed by atoms with E-state index in [1.807, 2.05) is 11.4 Å². The minimum Gasteiger partial charge on any atom is -0.325 e. The summed E-state index contributed by atoms with van der Waals surface area (Å²) in [6.07, 6.45) is 4.96. The van der Waals surface area contributed by atoms with Crippen LogP contribution < -0.4 is 11.2 Å². The fourth-order valence-electron chi connectivity index (χ4n) is 1.79. The van der Waals surface area contributed by atoms with Crippen molar-refractivity contribution in [1.82, 2.24) is 19.5 Å². The molecule has 3 aromatic rings. The first-order valence-electron chi connectivity index (χ1n) is 5.84. The van der Waals surface area contributed by atoms with Crippen LogP contribution in [0.15, 0.2) is 41.0 Å². The van der Waals surface area contributed by atoms with Gasteiger partial charge in [0.1, 0.15) is 6.33 Å². The highest BCUT2D eigenvalue weighted by atomic mass is 32.1. The predicted octanol–water partition coefficient (Wildman–Crippen LogP) is 1.38. The Kier molecular flexibility index (Phi) is 3.03. The van der Waals surface area contributed by atoms with Gasteiger partial charge in [0, 0.05) is 31.1 Å². The van der Waals surface area contributed by atoms with E-state index in [4.69, 9.17) is 5.41 Å². The minimum atomic E-state index is -0.207. The zero-order valence-corrected chi connectivity index (χ0v) is 11.4. The van der Waals surface area contributed by atoms with Gasteiger partial charge in [-0.25, -0.2) is 9.97 Å². The van der Waals surface area contributed by atoms with E-state index in [0.717, 1.165) is 16.0 Å². The zero-order valence-electron chi connectivity index (χ0n) is 10.6. The molecular weight excluding hydrogens is 274 g/mol. The molecule has 7 heteroatoms. The molecule has 0 atom stereocenters. The minimum absolute atomic E-state index is 0.0745. The Balaban J connectivity index is 2.07. The lowest BCUT2D eigenvalue weighted by Gasteiger charge is -2.01. The first kappa shape index (κ1) is 12.5. The van der Waals surface area contributed by atoms with Gasteiger partial charge in [0.25, 0.3) is 5.56 Å². The van der Waals surface area contributed by atoms with E-state index >= 15 is 0 Å². The second kappa shape index (κ2) is 4.86.